The molecular weight excluding hydrogens is 354 g/mol. The molecule has 0 bridgehead atoms. The molecule has 0 atom stereocenters. The summed E-state index contributed by atoms with van der Waals surface area (Å²) in [5, 5.41) is 8.96. The van der Waals surface area contributed by atoms with Crippen molar-refractivity contribution in [2.45, 2.75) is 27.7 Å². The smallest absolute Gasteiger partial charge is 0.317 e. The zero-order chi connectivity index (χ0) is 21.0. The lowest BCUT2D eigenvalue weighted by atomic mass is 10.3. The summed E-state index contributed by atoms with van der Waals surface area (Å²) >= 11 is 0. The van der Waals surface area contributed by atoms with E-state index in [0.717, 1.165) is 0 Å². The number of carbonyl (C=O) groups excluding carboxylic acids is 4. The highest BCUT2D eigenvalue weighted by Crippen LogP contribution is 1.98. The van der Waals surface area contributed by atoms with Crippen LogP contribution in [0.25, 0.3) is 0 Å². The number of carboxylic acid groups (broad SMARTS) is 1. The van der Waals surface area contributed by atoms with Crippen molar-refractivity contribution < 1.29 is 29.1 Å². The average molecular weight is 385 g/mol. The van der Waals surface area contributed by atoms with Crippen molar-refractivity contribution in [2.24, 2.45) is 0 Å². The fourth-order valence-corrected chi connectivity index (χ4v) is 2.71. The van der Waals surface area contributed by atoms with E-state index < -0.39 is 5.97 Å². The van der Waals surface area contributed by atoms with Gasteiger partial charge in [0, 0.05) is 26.2 Å². The zero-order valence-electron chi connectivity index (χ0n) is 16.7. The fraction of sp³-hybridized carbons (Fsp3) is 0.722. The standard InChI is InChI=1S/C18H31N3O6/c1-14(22)9-19(5-7-20(10-15(2)23)11-16(3)24)6-8-21(12-17(4)25)13-18(26)27/h5-13H2,1-4H3,(H,26,27). The lowest BCUT2D eigenvalue weighted by Gasteiger charge is -2.28. The van der Waals surface area contributed by atoms with Gasteiger partial charge in [-0.2, -0.15) is 0 Å². The summed E-state index contributed by atoms with van der Waals surface area (Å²) in [5.74, 6) is -1.31. The molecule has 0 aliphatic carbocycles. The van der Waals surface area contributed by atoms with Crippen molar-refractivity contribution in [3.8, 4) is 0 Å². The summed E-state index contributed by atoms with van der Waals surface area (Å²) in [4.78, 5) is 61.6. The van der Waals surface area contributed by atoms with Crippen molar-refractivity contribution >= 4 is 29.1 Å². The van der Waals surface area contributed by atoms with E-state index in [4.69, 9.17) is 5.11 Å². The van der Waals surface area contributed by atoms with Crippen molar-refractivity contribution in [3.05, 3.63) is 0 Å². The molecule has 0 amide bonds. The van der Waals surface area contributed by atoms with Crippen LogP contribution in [0.15, 0.2) is 0 Å². The van der Waals surface area contributed by atoms with Crippen LogP contribution >= 0.6 is 0 Å². The normalized spacial score (nSPS) is 11.2. The lowest BCUT2D eigenvalue weighted by molar-refractivity contribution is -0.138. The topological polar surface area (TPSA) is 115 Å². The van der Waals surface area contributed by atoms with Gasteiger partial charge in [0.15, 0.2) is 0 Å². The molecular formula is C18H31N3O6. The summed E-state index contributed by atoms with van der Waals surface area (Å²) in [6.45, 7) is 7.60. The van der Waals surface area contributed by atoms with Crippen molar-refractivity contribution in [3.63, 3.8) is 0 Å². The molecule has 0 aromatic heterocycles. The molecule has 0 heterocycles. The van der Waals surface area contributed by atoms with E-state index in [-0.39, 0.29) is 55.9 Å². The maximum atomic E-state index is 11.5. The first-order valence-electron chi connectivity index (χ1n) is 8.86. The van der Waals surface area contributed by atoms with Gasteiger partial charge < -0.3 is 5.11 Å². The molecule has 0 aliphatic rings. The Bertz CT molecular complexity index is 477. The van der Waals surface area contributed by atoms with Crippen molar-refractivity contribution in [1.29, 1.82) is 0 Å². The van der Waals surface area contributed by atoms with E-state index in [1.54, 1.807) is 4.90 Å². The van der Waals surface area contributed by atoms with Crippen molar-refractivity contribution in [2.75, 3.05) is 58.9 Å². The Kier molecular flexibility index (Phi) is 12.3. The highest BCUT2D eigenvalue weighted by atomic mass is 16.4. The molecule has 27 heavy (non-hydrogen) atoms. The molecule has 0 saturated heterocycles. The van der Waals surface area contributed by atoms with Gasteiger partial charge in [0.1, 0.15) is 23.1 Å². The predicted octanol–water partition coefficient (Wildman–Crippen LogP) is -0.667. The van der Waals surface area contributed by atoms with Gasteiger partial charge >= 0.3 is 5.97 Å². The van der Waals surface area contributed by atoms with Gasteiger partial charge in [-0.1, -0.05) is 0 Å². The van der Waals surface area contributed by atoms with E-state index in [1.165, 1.54) is 32.6 Å². The van der Waals surface area contributed by atoms with Crippen molar-refractivity contribution in [1.82, 2.24) is 14.7 Å². The highest BCUT2D eigenvalue weighted by molar-refractivity contribution is 5.81. The second-order valence-electron chi connectivity index (χ2n) is 6.90. The van der Waals surface area contributed by atoms with Gasteiger partial charge in [0.05, 0.1) is 32.7 Å². The minimum Gasteiger partial charge on any atom is -0.480 e. The van der Waals surface area contributed by atoms with Gasteiger partial charge in [-0.25, -0.2) is 0 Å². The van der Waals surface area contributed by atoms with Gasteiger partial charge in [-0.05, 0) is 27.7 Å². The molecule has 0 unspecified atom stereocenters. The Morgan fingerprint density at radius 1 is 0.519 bits per heavy atom. The van der Waals surface area contributed by atoms with E-state index in [0.29, 0.717) is 26.2 Å². The second kappa shape index (κ2) is 13.2. The third kappa shape index (κ3) is 14.8. The fourth-order valence-electron chi connectivity index (χ4n) is 2.71. The Balaban J connectivity index is 4.85. The third-order valence-electron chi connectivity index (χ3n) is 3.61. The molecule has 0 rings (SSSR count). The number of carboxylic acids is 1. The maximum Gasteiger partial charge on any atom is 0.317 e. The summed E-state index contributed by atoms with van der Waals surface area (Å²) < 4.78 is 0. The summed E-state index contributed by atoms with van der Waals surface area (Å²) in [6.07, 6.45) is 0. The number of rotatable bonds is 16. The molecule has 9 heteroatoms. The van der Waals surface area contributed by atoms with Crippen LogP contribution in [0, 0.1) is 0 Å². The zero-order valence-corrected chi connectivity index (χ0v) is 16.7. The predicted molar refractivity (Wildman–Crippen MR) is 99.7 cm³/mol. The van der Waals surface area contributed by atoms with Crippen LogP contribution in [0.1, 0.15) is 27.7 Å². The van der Waals surface area contributed by atoms with E-state index in [2.05, 4.69) is 0 Å². The highest BCUT2D eigenvalue weighted by Gasteiger charge is 2.17. The minimum atomic E-state index is -1.02. The van der Waals surface area contributed by atoms with E-state index in [9.17, 15) is 24.0 Å². The second-order valence-corrected chi connectivity index (χ2v) is 6.90. The first-order chi connectivity index (χ1) is 12.5. The van der Waals surface area contributed by atoms with Crippen LogP contribution in [-0.2, 0) is 24.0 Å². The molecule has 0 aliphatic heterocycles. The molecule has 0 aromatic rings. The van der Waals surface area contributed by atoms with Crippen LogP contribution in [0.4, 0.5) is 0 Å². The number of aliphatic carboxylic acids is 1. The van der Waals surface area contributed by atoms with Gasteiger partial charge in [-0.15, -0.1) is 0 Å². The summed E-state index contributed by atoms with van der Waals surface area (Å²) in [6, 6.07) is 0. The maximum absolute atomic E-state index is 11.5. The first-order valence-corrected chi connectivity index (χ1v) is 8.86. The average Bonchev–Trinajstić information content (AvgIpc) is 2.46. The number of ketones is 4. The first kappa shape index (κ1) is 25.0. The van der Waals surface area contributed by atoms with Crippen LogP contribution in [0.2, 0.25) is 0 Å². The molecule has 0 saturated carbocycles. The number of nitrogens with zero attached hydrogens (tertiary/aromatic N) is 3. The Morgan fingerprint density at radius 3 is 1.07 bits per heavy atom. The quantitative estimate of drug-likeness (QED) is 0.369. The van der Waals surface area contributed by atoms with Gasteiger partial charge in [0.2, 0.25) is 0 Å². The number of hydrogen-bond acceptors (Lipinski definition) is 8. The van der Waals surface area contributed by atoms with Crippen LogP contribution in [0.3, 0.4) is 0 Å². The number of hydrogen-bond donors (Lipinski definition) is 1. The molecule has 154 valence electrons. The Hall–Kier alpha value is -1.97. The monoisotopic (exact) mass is 385 g/mol. The molecule has 0 aromatic carbocycles. The van der Waals surface area contributed by atoms with Crippen LogP contribution in [-0.4, -0.2) is 108 Å². The minimum absolute atomic E-state index is 0.0288. The summed E-state index contributed by atoms with van der Waals surface area (Å²) in [5.41, 5.74) is 0. The third-order valence-corrected chi connectivity index (χ3v) is 3.61. The molecule has 9 nitrogen and oxygen atoms in total. The SMILES string of the molecule is CC(=O)CN(CCN(CC(C)=O)CC(C)=O)CCN(CC(C)=O)CC(=O)O. The Morgan fingerprint density at radius 2 is 0.778 bits per heavy atom. The van der Waals surface area contributed by atoms with Gasteiger partial charge in [-0.3, -0.25) is 38.7 Å². The largest absolute Gasteiger partial charge is 0.480 e. The van der Waals surface area contributed by atoms with Crippen LogP contribution < -0.4 is 0 Å². The van der Waals surface area contributed by atoms with E-state index in [1.807, 2.05) is 4.90 Å². The molecule has 0 fully saturated rings. The molecule has 0 radical (unpaired) electrons. The molecule has 1 N–H and O–H groups in total. The van der Waals surface area contributed by atoms with Gasteiger partial charge in [0.25, 0.3) is 0 Å². The number of carbonyl (C=O) groups is 5. The summed E-state index contributed by atoms with van der Waals surface area (Å²) in [7, 11) is 0. The lowest BCUT2D eigenvalue weighted by Crippen LogP contribution is -2.44. The molecule has 0 spiro atoms. The van der Waals surface area contributed by atoms with E-state index >= 15 is 0 Å². The Labute approximate surface area is 160 Å². The van der Waals surface area contributed by atoms with Crippen LogP contribution in [0.5, 0.6) is 0 Å². The number of Topliss-reactive ketones (excluding diaryl/α,β-unsaturated/α-hetero) is 4.